The molecule has 0 fully saturated rings. The highest BCUT2D eigenvalue weighted by atomic mass is 19.2. The van der Waals surface area contributed by atoms with E-state index in [1.165, 1.54) is 18.2 Å². The molecule has 0 amide bonds. The summed E-state index contributed by atoms with van der Waals surface area (Å²) >= 11 is 0. The lowest BCUT2D eigenvalue weighted by Gasteiger charge is -2.07. The average molecular weight is 263 g/mol. The number of rotatable bonds is 4. The fourth-order valence-electron chi connectivity index (χ4n) is 1.58. The first-order chi connectivity index (χ1) is 9.06. The van der Waals surface area contributed by atoms with Crippen molar-refractivity contribution >= 4 is 11.7 Å². The van der Waals surface area contributed by atoms with E-state index in [9.17, 15) is 13.6 Å². The van der Waals surface area contributed by atoms with E-state index in [4.69, 9.17) is 5.11 Å². The Bertz CT molecular complexity index is 597. The average Bonchev–Trinajstić information content (AvgIpc) is 2.40. The number of halogens is 2. The Hall–Kier alpha value is -2.43. The van der Waals surface area contributed by atoms with Crippen molar-refractivity contribution in [3.05, 3.63) is 65.2 Å². The molecule has 0 bridgehead atoms. The molecule has 0 atom stereocenters. The van der Waals surface area contributed by atoms with E-state index in [0.717, 1.165) is 17.7 Å². The van der Waals surface area contributed by atoms with Crippen LogP contribution in [0.5, 0.6) is 0 Å². The molecule has 0 heterocycles. The summed E-state index contributed by atoms with van der Waals surface area (Å²) in [5, 5.41) is 11.7. The van der Waals surface area contributed by atoms with Gasteiger partial charge < -0.3 is 10.4 Å². The number of hydrogen-bond acceptors (Lipinski definition) is 2. The van der Waals surface area contributed by atoms with Gasteiger partial charge in [-0.15, -0.1) is 0 Å². The molecule has 2 N–H and O–H groups in total. The zero-order valence-electron chi connectivity index (χ0n) is 9.86. The van der Waals surface area contributed by atoms with Gasteiger partial charge in [-0.25, -0.2) is 13.6 Å². The summed E-state index contributed by atoms with van der Waals surface area (Å²) < 4.78 is 25.7. The van der Waals surface area contributed by atoms with Gasteiger partial charge in [0.15, 0.2) is 11.6 Å². The van der Waals surface area contributed by atoms with E-state index in [-0.39, 0.29) is 5.56 Å². The Morgan fingerprint density at radius 1 is 1.05 bits per heavy atom. The Labute approximate surface area is 108 Å². The molecule has 0 aliphatic carbocycles. The number of aromatic carboxylic acids is 1. The second kappa shape index (κ2) is 5.48. The van der Waals surface area contributed by atoms with Crippen LogP contribution in [0.25, 0.3) is 0 Å². The van der Waals surface area contributed by atoms with Crippen molar-refractivity contribution in [3.63, 3.8) is 0 Å². The second-order valence-electron chi connectivity index (χ2n) is 3.98. The molecule has 0 saturated carbocycles. The van der Waals surface area contributed by atoms with Gasteiger partial charge in [-0.1, -0.05) is 12.1 Å². The molecule has 2 aromatic carbocycles. The van der Waals surface area contributed by atoms with Crippen LogP contribution in [-0.4, -0.2) is 11.1 Å². The minimum Gasteiger partial charge on any atom is -0.478 e. The van der Waals surface area contributed by atoms with Crippen molar-refractivity contribution in [2.75, 3.05) is 5.32 Å². The molecule has 0 aliphatic heterocycles. The van der Waals surface area contributed by atoms with Crippen LogP contribution in [-0.2, 0) is 6.54 Å². The maximum absolute atomic E-state index is 13.0. The monoisotopic (exact) mass is 263 g/mol. The second-order valence-corrected chi connectivity index (χ2v) is 3.98. The van der Waals surface area contributed by atoms with Crippen LogP contribution in [0.1, 0.15) is 15.9 Å². The van der Waals surface area contributed by atoms with Crippen LogP contribution >= 0.6 is 0 Å². The van der Waals surface area contributed by atoms with Crippen LogP contribution in [0.15, 0.2) is 42.5 Å². The van der Waals surface area contributed by atoms with Gasteiger partial charge in [0.05, 0.1) is 5.56 Å². The Balaban J connectivity index is 2.01. The van der Waals surface area contributed by atoms with Crippen LogP contribution in [0.4, 0.5) is 14.5 Å². The summed E-state index contributed by atoms with van der Waals surface area (Å²) in [7, 11) is 0. The van der Waals surface area contributed by atoms with Crippen molar-refractivity contribution in [1.82, 2.24) is 0 Å². The molecule has 3 nitrogen and oxygen atoms in total. The normalized spacial score (nSPS) is 10.2. The summed E-state index contributed by atoms with van der Waals surface area (Å²) in [6.07, 6.45) is 0. The van der Waals surface area contributed by atoms with Crippen LogP contribution in [0, 0.1) is 11.6 Å². The predicted molar refractivity (Wildman–Crippen MR) is 67.1 cm³/mol. The van der Waals surface area contributed by atoms with Crippen molar-refractivity contribution in [3.8, 4) is 0 Å². The number of hydrogen-bond donors (Lipinski definition) is 2. The maximum Gasteiger partial charge on any atom is 0.335 e. The molecule has 5 heteroatoms. The molecular formula is C14H11F2NO2. The first-order valence-corrected chi connectivity index (χ1v) is 5.57. The van der Waals surface area contributed by atoms with Gasteiger partial charge in [0.2, 0.25) is 0 Å². The first-order valence-electron chi connectivity index (χ1n) is 5.57. The van der Waals surface area contributed by atoms with E-state index >= 15 is 0 Å². The molecular weight excluding hydrogens is 252 g/mol. The smallest absolute Gasteiger partial charge is 0.335 e. The third-order valence-electron chi connectivity index (χ3n) is 2.62. The molecule has 0 spiro atoms. The van der Waals surface area contributed by atoms with Gasteiger partial charge in [0.1, 0.15) is 0 Å². The highest BCUT2D eigenvalue weighted by Crippen LogP contribution is 2.14. The largest absolute Gasteiger partial charge is 0.478 e. The molecule has 98 valence electrons. The Kier molecular flexibility index (Phi) is 3.75. The Morgan fingerprint density at radius 2 is 1.74 bits per heavy atom. The van der Waals surface area contributed by atoms with Crippen molar-refractivity contribution in [2.24, 2.45) is 0 Å². The molecule has 2 rings (SSSR count). The number of benzene rings is 2. The summed E-state index contributed by atoms with van der Waals surface area (Å²) in [6.45, 7) is 0.394. The number of anilines is 1. The lowest BCUT2D eigenvalue weighted by Crippen LogP contribution is -2.01. The van der Waals surface area contributed by atoms with E-state index in [0.29, 0.717) is 12.2 Å². The zero-order chi connectivity index (χ0) is 13.8. The topological polar surface area (TPSA) is 49.3 Å². The van der Waals surface area contributed by atoms with Gasteiger partial charge in [0, 0.05) is 18.3 Å². The lowest BCUT2D eigenvalue weighted by molar-refractivity contribution is 0.0697. The molecule has 19 heavy (non-hydrogen) atoms. The molecule has 0 aromatic heterocycles. The van der Waals surface area contributed by atoms with Gasteiger partial charge in [-0.05, 0) is 29.8 Å². The highest BCUT2D eigenvalue weighted by molar-refractivity contribution is 5.87. The number of carbonyl (C=O) groups is 1. The molecule has 2 aromatic rings. The van der Waals surface area contributed by atoms with Gasteiger partial charge in [0.25, 0.3) is 0 Å². The van der Waals surface area contributed by atoms with Gasteiger partial charge >= 0.3 is 5.97 Å². The molecule has 0 unspecified atom stereocenters. The fraction of sp³-hybridized carbons (Fsp3) is 0.0714. The maximum atomic E-state index is 13.0. The highest BCUT2D eigenvalue weighted by Gasteiger charge is 2.03. The molecule has 0 saturated heterocycles. The quantitative estimate of drug-likeness (QED) is 0.890. The van der Waals surface area contributed by atoms with E-state index in [1.54, 1.807) is 12.1 Å². The van der Waals surface area contributed by atoms with Crippen molar-refractivity contribution in [2.45, 2.75) is 6.54 Å². The third-order valence-corrected chi connectivity index (χ3v) is 2.62. The van der Waals surface area contributed by atoms with E-state index < -0.39 is 17.6 Å². The van der Waals surface area contributed by atoms with Crippen molar-refractivity contribution < 1.29 is 18.7 Å². The van der Waals surface area contributed by atoms with Gasteiger partial charge in [-0.2, -0.15) is 0 Å². The van der Waals surface area contributed by atoms with Crippen LogP contribution < -0.4 is 5.32 Å². The summed E-state index contributed by atoms with van der Waals surface area (Å²) in [6, 6.07) is 9.86. The van der Waals surface area contributed by atoms with Crippen LogP contribution in [0.3, 0.4) is 0 Å². The minimum absolute atomic E-state index is 0.205. The summed E-state index contributed by atoms with van der Waals surface area (Å²) in [4.78, 5) is 10.7. The van der Waals surface area contributed by atoms with Crippen LogP contribution in [0.2, 0.25) is 0 Å². The molecule has 0 radical (unpaired) electrons. The number of carboxylic acids is 1. The van der Waals surface area contributed by atoms with E-state index in [2.05, 4.69) is 5.32 Å². The number of carboxylic acid groups (broad SMARTS) is 1. The van der Waals surface area contributed by atoms with Crippen molar-refractivity contribution in [1.29, 1.82) is 0 Å². The third kappa shape index (κ3) is 3.28. The first kappa shape index (κ1) is 13.0. The summed E-state index contributed by atoms with van der Waals surface area (Å²) in [5.41, 5.74) is 1.51. The lowest BCUT2D eigenvalue weighted by atomic mass is 10.1. The Morgan fingerprint density at radius 3 is 2.32 bits per heavy atom. The van der Waals surface area contributed by atoms with E-state index in [1.807, 2.05) is 0 Å². The molecule has 0 aliphatic rings. The minimum atomic E-state index is -0.986. The SMILES string of the molecule is O=C(O)c1ccc(CNc2ccc(F)c(F)c2)cc1. The zero-order valence-corrected chi connectivity index (χ0v) is 9.86. The summed E-state index contributed by atoms with van der Waals surface area (Å²) in [5.74, 6) is -2.79. The van der Waals surface area contributed by atoms with Gasteiger partial charge in [-0.3, -0.25) is 0 Å². The fourth-order valence-corrected chi connectivity index (χ4v) is 1.58. The standard InChI is InChI=1S/C14H11F2NO2/c15-12-6-5-11(7-13(12)16)17-8-9-1-3-10(4-2-9)14(18)19/h1-7,17H,8H2,(H,18,19). The predicted octanol–water partition coefficient (Wildman–Crippen LogP) is 3.28. The number of nitrogens with one attached hydrogen (secondary N) is 1.